The second-order valence-electron chi connectivity index (χ2n) is 5.33. The van der Waals surface area contributed by atoms with Crippen molar-refractivity contribution < 1.29 is 9.47 Å². The van der Waals surface area contributed by atoms with Crippen LogP contribution in [0.3, 0.4) is 0 Å². The van der Waals surface area contributed by atoms with Crippen molar-refractivity contribution in [2.45, 2.75) is 12.8 Å². The van der Waals surface area contributed by atoms with Crippen molar-refractivity contribution in [3.63, 3.8) is 0 Å². The first-order chi connectivity index (χ1) is 10.8. The fourth-order valence-electron chi connectivity index (χ4n) is 2.75. The van der Waals surface area contributed by atoms with Crippen molar-refractivity contribution in [2.75, 3.05) is 13.2 Å². The van der Waals surface area contributed by atoms with E-state index < -0.39 is 0 Å². The summed E-state index contributed by atoms with van der Waals surface area (Å²) in [7, 11) is 0. The van der Waals surface area contributed by atoms with E-state index in [1.807, 2.05) is 28.8 Å². The molecule has 0 amide bonds. The largest absolute Gasteiger partial charge is 0.486 e. The molecule has 5 heteroatoms. The minimum atomic E-state index is 0.397. The Bertz CT molecular complexity index is 857. The van der Waals surface area contributed by atoms with Gasteiger partial charge in [-0.25, -0.2) is 4.98 Å². The molecule has 0 fully saturated rings. The summed E-state index contributed by atoms with van der Waals surface area (Å²) < 4.78 is 13.3. The molecule has 4 rings (SSSR count). The predicted octanol–water partition coefficient (Wildman–Crippen LogP) is 3.82. The molecule has 3 aromatic rings. The Labute approximate surface area is 133 Å². The normalized spacial score (nSPS) is 13.5. The summed E-state index contributed by atoms with van der Waals surface area (Å²) in [6.45, 7) is 3.22. The molecule has 1 aliphatic heterocycles. The number of pyridine rings is 1. The maximum Gasteiger partial charge on any atom is 0.162 e. The number of rotatable bonds is 2. The second kappa shape index (κ2) is 5.21. The van der Waals surface area contributed by atoms with Crippen LogP contribution >= 0.6 is 11.6 Å². The highest BCUT2D eigenvalue weighted by molar-refractivity contribution is 6.17. The number of halogens is 1. The highest BCUT2D eigenvalue weighted by Crippen LogP contribution is 2.35. The molecule has 0 atom stereocenters. The molecule has 0 radical (unpaired) electrons. The number of hydrogen-bond donors (Lipinski definition) is 0. The lowest BCUT2D eigenvalue weighted by atomic mass is 10.1. The van der Waals surface area contributed by atoms with Crippen LogP contribution in [0.2, 0.25) is 0 Å². The first-order valence-corrected chi connectivity index (χ1v) is 7.73. The number of ether oxygens (including phenoxy) is 2. The summed E-state index contributed by atoms with van der Waals surface area (Å²) >= 11 is 6.17. The summed E-state index contributed by atoms with van der Waals surface area (Å²) in [5.41, 5.74) is 4.93. The molecule has 0 spiro atoms. The molecule has 0 aliphatic carbocycles. The van der Waals surface area contributed by atoms with Crippen molar-refractivity contribution in [3.8, 4) is 22.8 Å². The van der Waals surface area contributed by atoms with Crippen LogP contribution in [0.4, 0.5) is 0 Å². The van der Waals surface area contributed by atoms with Crippen LogP contribution in [0, 0.1) is 6.92 Å². The van der Waals surface area contributed by atoms with Crippen LogP contribution in [0.15, 0.2) is 36.5 Å². The van der Waals surface area contributed by atoms with Gasteiger partial charge in [0.15, 0.2) is 11.5 Å². The molecule has 22 heavy (non-hydrogen) atoms. The smallest absolute Gasteiger partial charge is 0.162 e. The topological polar surface area (TPSA) is 35.8 Å². The number of imidazole rings is 1. The number of fused-ring (bicyclic) bond motifs is 2. The summed E-state index contributed by atoms with van der Waals surface area (Å²) in [6, 6.07) is 10.0. The third-order valence-electron chi connectivity index (χ3n) is 3.82. The van der Waals surface area contributed by atoms with E-state index in [9.17, 15) is 0 Å². The minimum Gasteiger partial charge on any atom is -0.486 e. The molecule has 0 saturated heterocycles. The predicted molar refractivity (Wildman–Crippen MR) is 85.9 cm³/mol. The summed E-state index contributed by atoms with van der Waals surface area (Å²) in [4.78, 5) is 4.75. The number of aromatic nitrogens is 2. The van der Waals surface area contributed by atoms with Gasteiger partial charge in [-0.05, 0) is 42.8 Å². The van der Waals surface area contributed by atoms with E-state index in [4.69, 9.17) is 26.1 Å². The molecule has 0 saturated carbocycles. The van der Waals surface area contributed by atoms with Gasteiger partial charge in [-0.15, -0.1) is 11.6 Å². The number of aryl methyl sites for hydroxylation is 1. The van der Waals surface area contributed by atoms with Crippen molar-refractivity contribution in [2.24, 2.45) is 0 Å². The highest BCUT2D eigenvalue weighted by Gasteiger charge is 2.17. The number of alkyl halides is 1. The number of benzene rings is 1. The summed E-state index contributed by atoms with van der Waals surface area (Å²) in [5.74, 6) is 1.94. The monoisotopic (exact) mass is 314 g/mol. The Kier molecular flexibility index (Phi) is 3.19. The van der Waals surface area contributed by atoms with E-state index in [-0.39, 0.29) is 0 Å². The molecule has 1 aromatic carbocycles. The molecule has 4 nitrogen and oxygen atoms in total. The van der Waals surface area contributed by atoms with Gasteiger partial charge in [0.1, 0.15) is 18.9 Å². The maximum absolute atomic E-state index is 6.17. The number of hydrogen-bond acceptors (Lipinski definition) is 3. The molecular formula is C17H15ClN2O2. The standard InChI is InChI=1S/C17H15ClN2O2/c1-11-4-5-20-13(10-18)17(19-16(20)8-11)12-2-3-14-15(9-12)22-7-6-21-14/h2-5,8-9H,6-7,10H2,1H3. The fourth-order valence-corrected chi connectivity index (χ4v) is 3.00. The molecular weight excluding hydrogens is 300 g/mol. The quantitative estimate of drug-likeness (QED) is 0.675. The fraction of sp³-hybridized carbons (Fsp3) is 0.235. The Morgan fingerprint density at radius 1 is 1.14 bits per heavy atom. The molecule has 112 valence electrons. The van der Waals surface area contributed by atoms with Crippen LogP contribution in [-0.2, 0) is 5.88 Å². The maximum atomic E-state index is 6.17. The lowest BCUT2D eigenvalue weighted by Gasteiger charge is -2.18. The minimum absolute atomic E-state index is 0.397. The van der Waals surface area contributed by atoms with E-state index in [0.29, 0.717) is 19.1 Å². The zero-order chi connectivity index (χ0) is 15.1. The van der Waals surface area contributed by atoms with Gasteiger partial charge in [0.05, 0.1) is 17.3 Å². The Balaban J connectivity index is 1.90. The lowest BCUT2D eigenvalue weighted by molar-refractivity contribution is 0.171. The molecule has 3 heterocycles. The van der Waals surface area contributed by atoms with Gasteiger partial charge in [-0.1, -0.05) is 0 Å². The van der Waals surface area contributed by atoms with Gasteiger partial charge >= 0.3 is 0 Å². The molecule has 0 N–H and O–H groups in total. The molecule has 2 aromatic heterocycles. The van der Waals surface area contributed by atoms with E-state index in [0.717, 1.165) is 34.1 Å². The van der Waals surface area contributed by atoms with Gasteiger partial charge in [-0.3, -0.25) is 0 Å². The van der Waals surface area contributed by atoms with Crippen LogP contribution < -0.4 is 9.47 Å². The lowest BCUT2D eigenvalue weighted by Crippen LogP contribution is -2.15. The molecule has 1 aliphatic rings. The van der Waals surface area contributed by atoms with Gasteiger partial charge < -0.3 is 13.9 Å². The van der Waals surface area contributed by atoms with E-state index in [2.05, 4.69) is 19.1 Å². The van der Waals surface area contributed by atoms with Crippen LogP contribution in [0.25, 0.3) is 16.9 Å². The van der Waals surface area contributed by atoms with E-state index in [1.54, 1.807) is 0 Å². The molecule has 0 bridgehead atoms. The van der Waals surface area contributed by atoms with Crippen molar-refractivity contribution in [1.29, 1.82) is 0 Å². The number of nitrogens with zero attached hydrogens (tertiary/aromatic N) is 2. The van der Waals surface area contributed by atoms with Gasteiger partial charge in [-0.2, -0.15) is 0 Å². The highest BCUT2D eigenvalue weighted by atomic mass is 35.5. The summed E-state index contributed by atoms with van der Waals surface area (Å²) in [5, 5.41) is 0. The van der Waals surface area contributed by atoms with Crippen molar-refractivity contribution in [3.05, 3.63) is 47.8 Å². The third-order valence-corrected chi connectivity index (χ3v) is 4.08. The molecule has 0 unspecified atom stereocenters. The third kappa shape index (κ3) is 2.11. The first kappa shape index (κ1) is 13.5. The SMILES string of the molecule is Cc1ccn2c(CCl)c(-c3ccc4c(c3)OCCO4)nc2c1. The zero-order valence-corrected chi connectivity index (χ0v) is 12.9. The van der Waals surface area contributed by atoms with Crippen LogP contribution in [0.1, 0.15) is 11.3 Å². The van der Waals surface area contributed by atoms with E-state index >= 15 is 0 Å². The second-order valence-corrected chi connectivity index (χ2v) is 5.60. The van der Waals surface area contributed by atoms with Gasteiger partial charge in [0, 0.05) is 11.8 Å². The van der Waals surface area contributed by atoms with Crippen LogP contribution in [-0.4, -0.2) is 22.6 Å². The van der Waals surface area contributed by atoms with Gasteiger partial charge in [0.2, 0.25) is 0 Å². The van der Waals surface area contributed by atoms with Crippen molar-refractivity contribution in [1.82, 2.24) is 9.38 Å². The average Bonchev–Trinajstić information content (AvgIpc) is 2.91. The first-order valence-electron chi connectivity index (χ1n) is 7.20. The van der Waals surface area contributed by atoms with Gasteiger partial charge in [0.25, 0.3) is 0 Å². The van der Waals surface area contributed by atoms with E-state index in [1.165, 1.54) is 5.56 Å². The average molecular weight is 315 g/mol. The zero-order valence-electron chi connectivity index (χ0n) is 12.2. The Hall–Kier alpha value is -2.20. The Morgan fingerprint density at radius 2 is 1.95 bits per heavy atom. The van der Waals surface area contributed by atoms with Crippen molar-refractivity contribution >= 4 is 17.2 Å². The van der Waals surface area contributed by atoms with Crippen LogP contribution in [0.5, 0.6) is 11.5 Å². The summed E-state index contributed by atoms with van der Waals surface area (Å²) in [6.07, 6.45) is 2.01. The Morgan fingerprint density at radius 3 is 2.77 bits per heavy atom.